The van der Waals surface area contributed by atoms with E-state index in [1.807, 2.05) is 0 Å². The lowest BCUT2D eigenvalue weighted by atomic mass is 10.2. The highest BCUT2D eigenvalue weighted by atomic mass is 35.5. The molecule has 0 saturated heterocycles. The molecule has 1 aromatic carbocycles. The Bertz CT molecular complexity index is 301. The molecule has 1 rings (SSSR count). The predicted octanol–water partition coefficient (Wildman–Crippen LogP) is 2.47. The first kappa shape index (κ1) is 10.6. The average Bonchev–Trinajstić information content (AvgIpc) is 2.04. The van der Waals surface area contributed by atoms with Gasteiger partial charge in [0.2, 0.25) is 0 Å². The van der Waals surface area contributed by atoms with Crippen LogP contribution in [-0.4, -0.2) is 11.1 Å². The fourth-order valence-electron chi connectivity index (χ4n) is 0.752. The Kier molecular flexibility index (Phi) is 3.93. The minimum Gasteiger partial charge on any atom is -0.478 e. The van der Waals surface area contributed by atoms with Crippen LogP contribution in [0.2, 0.25) is 0 Å². The summed E-state index contributed by atoms with van der Waals surface area (Å²) in [5.74, 6) is -1.06. The van der Waals surface area contributed by atoms with Gasteiger partial charge < -0.3 is 5.11 Å². The highest BCUT2D eigenvalue weighted by molar-refractivity contribution is 5.93. The third-order valence-electron chi connectivity index (χ3n) is 1.25. The van der Waals surface area contributed by atoms with E-state index in [0.29, 0.717) is 0 Å². The number of carboxylic acids is 1. The molecule has 4 nitrogen and oxygen atoms in total. The van der Waals surface area contributed by atoms with E-state index in [1.54, 1.807) is 12.1 Å². The summed E-state index contributed by atoms with van der Waals surface area (Å²) in [5, 5.41) is 11.6. The van der Waals surface area contributed by atoms with Gasteiger partial charge in [-0.1, -0.05) is 12.1 Å². The second-order valence-electron chi connectivity index (χ2n) is 1.93. The molecule has 0 spiro atoms. The van der Waals surface area contributed by atoms with Gasteiger partial charge in [0.15, 0.2) is 0 Å². The number of rotatable bonds is 2. The van der Waals surface area contributed by atoms with Crippen LogP contribution in [0.15, 0.2) is 29.4 Å². The van der Waals surface area contributed by atoms with Crippen LogP contribution < -0.4 is 0 Å². The van der Waals surface area contributed by atoms with Gasteiger partial charge >= 0.3 is 5.97 Å². The van der Waals surface area contributed by atoms with Crippen molar-refractivity contribution in [3.05, 3.63) is 29.8 Å². The molecule has 5 heteroatoms. The smallest absolute Gasteiger partial charge is 0.337 e. The van der Waals surface area contributed by atoms with Crippen LogP contribution in [0, 0.1) is 5.53 Å². The standard InChI is InChI=1S/C7H6N2O2.ClH/c8-9-6-4-2-1-3-5(6)7(10)11;/h1-4,8H,(H,10,11);1H. The van der Waals surface area contributed by atoms with Crippen molar-refractivity contribution in [3.63, 3.8) is 0 Å². The molecule has 0 atom stereocenters. The van der Waals surface area contributed by atoms with Crippen molar-refractivity contribution in [2.45, 2.75) is 0 Å². The molecule has 0 aromatic heterocycles. The first-order valence-electron chi connectivity index (χ1n) is 2.95. The molecule has 12 heavy (non-hydrogen) atoms. The minimum absolute atomic E-state index is 0. The van der Waals surface area contributed by atoms with Crippen molar-refractivity contribution in [1.29, 1.82) is 5.53 Å². The Morgan fingerprint density at radius 1 is 1.42 bits per heavy atom. The van der Waals surface area contributed by atoms with Gasteiger partial charge in [0.05, 0.1) is 11.3 Å². The van der Waals surface area contributed by atoms with Gasteiger partial charge in [0, 0.05) is 0 Å². The van der Waals surface area contributed by atoms with Crippen LogP contribution in [0.3, 0.4) is 0 Å². The van der Waals surface area contributed by atoms with Gasteiger partial charge in [-0.15, -0.1) is 12.4 Å². The van der Waals surface area contributed by atoms with E-state index >= 15 is 0 Å². The molecule has 0 radical (unpaired) electrons. The molecule has 1 aromatic rings. The largest absolute Gasteiger partial charge is 0.478 e. The highest BCUT2D eigenvalue weighted by Crippen LogP contribution is 2.17. The lowest BCUT2D eigenvalue weighted by Crippen LogP contribution is -1.95. The number of nitrogens with zero attached hydrogens (tertiary/aromatic N) is 1. The molecule has 0 aliphatic rings. The number of carbonyl (C=O) groups is 1. The molecule has 0 aliphatic heterocycles. The Morgan fingerprint density at radius 3 is 2.42 bits per heavy atom. The molecule has 0 heterocycles. The zero-order valence-corrected chi connectivity index (χ0v) is 6.84. The number of halogens is 1. The third kappa shape index (κ3) is 2.03. The van der Waals surface area contributed by atoms with Gasteiger partial charge in [0.25, 0.3) is 0 Å². The Morgan fingerprint density at radius 2 is 2.00 bits per heavy atom. The maximum Gasteiger partial charge on any atom is 0.337 e. The van der Waals surface area contributed by atoms with Crippen molar-refractivity contribution >= 4 is 24.1 Å². The summed E-state index contributed by atoms with van der Waals surface area (Å²) < 4.78 is 0. The topological polar surface area (TPSA) is 73.5 Å². The van der Waals surface area contributed by atoms with Crippen molar-refractivity contribution in [1.82, 2.24) is 0 Å². The van der Waals surface area contributed by atoms with Gasteiger partial charge in [-0.05, 0) is 12.1 Å². The fourth-order valence-corrected chi connectivity index (χ4v) is 0.752. The monoisotopic (exact) mass is 186 g/mol. The van der Waals surface area contributed by atoms with Crippen LogP contribution >= 0.6 is 12.4 Å². The van der Waals surface area contributed by atoms with E-state index in [0.717, 1.165) is 0 Å². The Hall–Kier alpha value is -1.42. The molecule has 0 fully saturated rings. The fraction of sp³-hybridized carbons (Fsp3) is 0. The number of aromatic carboxylic acids is 1. The summed E-state index contributed by atoms with van der Waals surface area (Å²) in [5.41, 5.74) is 6.88. The summed E-state index contributed by atoms with van der Waals surface area (Å²) in [6, 6.07) is 6.13. The van der Waals surface area contributed by atoms with E-state index in [2.05, 4.69) is 5.11 Å². The number of hydrogen-bond acceptors (Lipinski definition) is 3. The summed E-state index contributed by atoms with van der Waals surface area (Å²) in [7, 11) is 0. The molecular weight excluding hydrogens is 180 g/mol. The Labute approximate surface area is 75.1 Å². The molecule has 2 N–H and O–H groups in total. The second-order valence-corrected chi connectivity index (χ2v) is 1.93. The maximum absolute atomic E-state index is 10.4. The number of carboxylic acid groups (broad SMARTS) is 1. The average molecular weight is 187 g/mol. The third-order valence-corrected chi connectivity index (χ3v) is 1.25. The quantitative estimate of drug-likeness (QED) is 0.697. The van der Waals surface area contributed by atoms with E-state index < -0.39 is 5.97 Å². The second kappa shape index (κ2) is 4.46. The van der Waals surface area contributed by atoms with Crippen molar-refractivity contribution < 1.29 is 9.90 Å². The zero-order chi connectivity index (χ0) is 8.27. The van der Waals surface area contributed by atoms with Crippen LogP contribution in [0.1, 0.15) is 10.4 Å². The van der Waals surface area contributed by atoms with E-state index in [9.17, 15) is 4.79 Å². The van der Waals surface area contributed by atoms with Gasteiger partial charge in [-0.25, -0.2) is 10.3 Å². The first-order chi connectivity index (χ1) is 5.25. The first-order valence-corrected chi connectivity index (χ1v) is 2.95. The van der Waals surface area contributed by atoms with Crippen LogP contribution in [0.4, 0.5) is 5.69 Å². The SMILES string of the molecule is Cl.N=Nc1ccccc1C(=O)O. The van der Waals surface area contributed by atoms with Crippen molar-refractivity contribution in [2.75, 3.05) is 0 Å². The molecule has 0 saturated carbocycles. The number of benzene rings is 1. The molecule has 64 valence electrons. The van der Waals surface area contributed by atoms with Gasteiger partial charge in [-0.2, -0.15) is 5.11 Å². The predicted molar refractivity (Wildman–Crippen MR) is 45.5 cm³/mol. The maximum atomic E-state index is 10.4. The minimum atomic E-state index is -1.06. The van der Waals surface area contributed by atoms with Gasteiger partial charge in [-0.3, -0.25) is 0 Å². The van der Waals surface area contributed by atoms with Crippen LogP contribution in [0.5, 0.6) is 0 Å². The lowest BCUT2D eigenvalue weighted by molar-refractivity contribution is 0.0697. The molecule has 0 amide bonds. The zero-order valence-electron chi connectivity index (χ0n) is 6.02. The van der Waals surface area contributed by atoms with E-state index in [-0.39, 0.29) is 23.7 Å². The molecule has 0 bridgehead atoms. The summed E-state index contributed by atoms with van der Waals surface area (Å²) in [6.07, 6.45) is 0. The lowest BCUT2D eigenvalue weighted by Gasteiger charge is -1.95. The van der Waals surface area contributed by atoms with Crippen LogP contribution in [0.25, 0.3) is 0 Å². The highest BCUT2D eigenvalue weighted by Gasteiger charge is 2.06. The van der Waals surface area contributed by atoms with E-state index in [1.165, 1.54) is 12.1 Å². The van der Waals surface area contributed by atoms with E-state index in [4.69, 9.17) is 10.6 Å². The number of nitrogens with one attached hydrogen (secondary N) is 1. The summed E-state index contributed by atoms with van der Waals surface area (Å²) in [4.78, 5) is 10.4. The molecular formula is C7H7ClN2O2. The summed E-state index contributed by atoms with van der Waals surface area (Å²) >= 11 is 0. The normalized spacial score (nSPS) is 8.33. The molecule has 0 aliphatic carbocycles. The van der Waals surface area contributed by atoms with Crippen molar-refractivity contribution in [3.8, 4) is 0 Å². The number of para-hydroxylation sites is 1. The van der Waals surface area contributed by atoms with Crippen molar-refractivity contribution in [2.24, 2.45) is 5.11 Å². The van der Waals surface area contributed by atoms with Gasteiger partial charge in [0.1, 0.15) is 0 Å². The van der Waals surface area contributed by atoms with Crippen LogP contribution in [-0.2, 0) is 0 Å². The number of hydrogen-bond donors (Lipinski definition) is 2. The summed E-state index contributed by atoms with van der Waals surface area (Å²) in [6.45, 7) is 0. The Balaban J connectivity index is 0.00000121. The molecule has 0 unspecified atom stereocenters.